The van der Waals surface area contributed by atoms with Gasteiger partial charge >= 0.3 is 17.9 Å². The molecule has 0 aliphatic carbocycles. The molecule has 0 aromatic heterocycles. The number of esters is 3. The summed E-state index contributed by atoms with van der Waals surface area (Å²) >= 11 is 0. The van der Waals surface area contributed by atoms with Gasteiger partial charge in [0, 0.05) is 19.3 Å². The molecule has 1 atom stereocenters. The van der Waals surface area contributed by atoms with E-state index in [1.165, 1.54) is 205 Å². The number of ether oxygens (including phenoxy) is 3. The highest BCUT2D eigenvalue weighted by atomic mass is 16.6. The second-order valence-corrected chi connectivity index (χ2v) is 23.8. The Labute approximate surface area is 515 Å². The molecule has 0 saturated heterocycles. The summed E-state index contributed by atoms with van der Waals surface area (Å²) in [5.74, 6) is -0.995. The summed E-state index contributed by atoms with van der Waals surface area (Å²) < 4.78 is 16.9. The van der Waals surface area contributed by atoms with Crippen LogP contribution in [-0.4, -0.2) is 37.2 Å². The molecule has 0 saturated carbocycles. The lowest BCUT2D eigenvalue weighted by molar-refractivity contribution is -0.166. The molecule has 6 nitrogen and oxygen atoms in total. The van der Waals surface area contributed by atoms with E-state index in [0.717, 1.165) is 103 Å². The first kappa shape index (κ1) is 79.3. The Balaban J connectivity index is 4.32. The van der Waals surface area contributed by atoms with Crippen molar-refractivity contribution >= 4 is 17.9 Å². The van der Waals surface area contributed by atoms with Gasteiger partial charge in [0.1, 0.15) is 13.2 Å². The molecule has 0 fully saturated rings. The standard InChI is InChI=1S/C77H134O6/c1-4-7-10-13-16-19-22-25-28-31-33-34-35-36-37-38-39-40-41-42-43-45-46-49-52-55-58-61-64-67-70-76(79)82-73-74(72-81-75(78)69-66-63-60-57-54-51-48-30-27-24-21-18-15-12-9-6-3)83-77(80)71-68-65-62-59-56-53-50-47-44-32-29-26-23-20-17-14-11-8-5-2/h8,11,17,20-21,24,26,29-30,44,47-48,53,56,62,65,74H,4-7,9-10,12-16,18-19,22-23,25,27-28,31-43,45-46,49-52,54-55,57-61,63-64,66-73H2,1-3H3/b11-8-,20-17-,24-21-,29-26-,47-44-,48-30-,56-53-,65-62-. The third-order valence-corrected chi connectivity index (χ3v) is 15.6. The minimum atomic E-state index is -0.826. The summed E-state index contributed by atoms with van der Waals surface area (Å²) in [5, 5.41) is 0. The van der Waals surface area contributed by atoms with Gasteiger partial charge in [-0.1, -0.05) is 343 Å². The van der Waals surface area contributed by atoms with Gasteiger partial charge in [0.05, 0.1) is 0 Å². The molecule has 478 valence electrons. The normalized spacial score (nSPS) is 12.7. The Bertz CT molecular complexity index is 1610. The average Bonchev–Trinajstić information content (AvgIpc) is 3.49. The van der Waals surface area contributed by atoms with E-state index >= 15 is 0 Å². The maximum Gasteiger partial charge on any atom is 0.306 e. The van der Waals surface area contributed by atoms with Crippen LogP contribution in [0.2, 0.25) is 0 Å². The first-order chi connectivity index (χ1) is 41.0. The molecule has 0 aromatic rings. The lowest BCUT2D eigenvalue weighted by Gasteiger charge is -2.18. The van der Waals surface area contributed by atoms with Crippen LogP contribution in [0.15, 0.2) is 97.2 Å². The largest absolute Gasteiger partial charge is 0.462 e. The van der Waals surface area contributed by atoms with Crippen molar-refractivity contribution in [1.82, 2.24) is 0 Å². The maximum absolute atomic E-state index is 12.9. The van der Waals surface area contributed by atoms with Gasteiger partial charge in [0.2, 0.25) is 0 Å². The van der Waals surface area contributed by atoms with Crippen LogP contribution in [-0.2, 0) is 28.6 Å². The molecule has 1 unspecified atom stereocenters. The lowest BCUT2D eigenvalue weighted by atomic mass is 10.0. The van der Waals surface area contributed by atoms with Crippen LogP contribution in [0.25, 0.3) is 0 Å². The van der Waals surface area contributed by atoms with Gasteiger partial charge in [-0.3, -0.25) is 14.4 Å². The van der Waals surface area contributed by atoms with Crippen molar-refractivity contribution in [3.63, 3.8) is 0 Å². The number of allylic oxidation sites excluding steroid dienone is 16. The highest BCUT2D eigenvalue weighted by Gasteiger charge is 2.19. The van der Waals surface area contributed by atoms with E-state index in [2.05, 4.69) is 112 Å². The molecule has 0 N–H and O–H groups in total. The van der Waals surface area contributed by atoms with Crippen molar-refractivity contribution in [2.24, 2.45) is 0 Å². The van der Waals surface area contributed by atoms with E-state index in [-0.39, 0.29) is 31.6 Å². The second kappa shape index (κ2) is 70.8. The third kappa shape index (κ3) is 69.0. The van der Waals surface area contributed by atoms with Gasteiger partial charge in [-0.2, -0.15) is 0 Å². The highest BCUT2D eigenvalue weighted by molar-refractivity contribution is 5.71. The molecule has 0 bridgehead atoms. The molecule has 0 aliphatic heterocycles. The molecule has 0 amide bonds. The van der Waals surface area contributed by atoms with E-state index in [0.29, 0.717) is 19.3 Å². The second-order valence-electron chi connectivity index (χ2n) is 23.8. The Morgan fingerprint density at radius 2 is 0.494 bits per heavy atom. The van der Waals surface area contributed by atoms with E-state index < -0.39 is 12.1 Å². The first-order valence-corrected chi connectivity index (χ1v) is 35.7. The summed E-state index contributed by atoms with van der Waals surface area (Å²) in [4.78, 5) is 38.4. The predicted octanol–water partition coefficient (Wildman–Crippen LogP) is 24.8. The molecule has 0 radical (unpaired) electrons. The fourth-order valence-corrected chi connectivity index (χ4v) is 10.3. The van der Waals surface area contributed by atoms with Gasteiger partial charge in [0.15, 0.2) is 6.10 Å². The SMILES string of the molecule is CC/C=C\C/C=C\C/C=C\C/C=C\C/C=C\C/C=C\CCC(=O)OC(COC(=O)CCCCCCC/C=C\C/C=C\CCCCCC)COC(=O)CCCCCCCCCCCCCCCCCCCCCCCCCCCCCCCC. The Morgan fingerprint density at radius 1 is 0.253 bits per heavy atom. The molecule has 0 heterocycles. The van der Waals surface area contributed by atoms with E-state index in [1.807, 2.05) is 6.08 Å². The van der Waals surface area contributed by atoms with Gasteiger partial charge in [-0.25, -0.2) is 0 Å². The van der Waals surface area contributed by atoms with E-state index in [4.69, 9.17) is 14.2 Å². The van der Waals surface area contributed by atoms with Crippen LogP contribution in [0.5, 0.6) is 0 Å². The smallest absolute Gasteiger partial charge is 0.306 e. The van der Waals surface area contributed by atoms with Crippen molar-refractivity contribution in [2.75, 3.05) is 13.2 Å². The molecular weight excluding hydrogens is 1020 g/mol. The molecule has 0 aromatic carbocycles. The van der Waals surface area contributed by atoms with Crippen molar-refractivity contribution in [1.29, 1.82) is 0 Å². The molecule has 6 heteroatoms. The lowest BCUT2D eigenvalue weighted by Crippen LogP contribution is -2.30. The maximum atomic E-state index is 12.9. The summed E-state index contributed by atoms with van der Waals surface area (Å²) in [6.07, 6.45) is 96.1. The summed E-state index contributed by atoms with van der Waals surface area (Å²) in [7, 11) is 0. The fourth-order valence-electron chi connectivity index (χ4n) is 10.3. The minimum absolute atomic E-state index is 0.110. The Kier molecular flexibility index (Phi) is 67.7. The number of carbonyl (C=O) groups excluding carboxylic acids is 3. The van der Waals surface area contributed by atoms with Crippen LogP contribution >= 0.6 is 0 Å². The van der Waals surface area contributed by atoms with E-state index in [1.54, 1.807) is 0 Å². The topological polar surface area (TPSA) is 78.9 Å². The van der Waals surface area contributed by atoms with Gasteiger partial charge in [0.25, 0.3) is 0 Å². The Morgan fingerprint density at radius 3 is 0.795 bits per heavy atom. The average molecular weight is 1160 g/mol. The minimum Gasteiger partial charge on any atom is -0.462 e. The number of carbonyl (C=O) groups is 3. The monoisotopic (exact) mass is 1160 g/mol. The van der Waals surface area contributed by atoms with Gasteiger partial charge in [-0.05, 0) is 89.9 Å². The van der Waals surface area contributed by atoms with Crippen LogP contribution in [0.4, 0.5) is 0 Å². The van der Waals surface area contributed by atoms with Crippen LogP contribution in [0.3, 0.4) is 0 Å². The summed E-state index contributed by atoms with van der Waals surface area (Å²) in [6, 6.07) is 0. The zero-order valence-corrected chi connectivity index (χ0v) is 54.9. The summed E-state index contributed by atoms with van der Waals surface area (Å²) in [6.45, 7) is 6.48. The number of hydrogen-bond donors (Lipinski definition) is 0. The highest BCUT2D eigenvalue weighted by Crippen LogP contribution is 2.18. The summed E-state index contributed by atoms with van der Waals surface area (Å²) in [5.41, 5.74) is 0. The van der Waals surface area contributed by atoms with Gasteiger partial charge < -0.3 is 14.2 Å². The van der Waals surface area contributed by atoms with Crippen LogP contribution < -0.4 is 0 Å². The Hall–Kier alpha value is -3.67. The van der Waals surface area contributed by atoms with Crippen LogP contribution in [0.1, 0.15) is 355 Å². The van der Waals surface area contributed by atoms with Gasteiger partial charge in [-0.15, -0.1) is 0 Å². The fraction of sp³-hybridized carbons (Fsp3) is 0.753. The van der Waals surface area contributed by atoms with Crippen LogP contribution in [0, 0.1) is 0 Å². The number of hydrogen-bond acceptors (Lipinski definition) is 6. The number of unbranched alkanes of at least 4 members (excludes halogenated alkanes) is 38. The van der Waals surface area contributed by atoms with Crippen molar-refractivity contribution in [2.45, 2.75) is 361 Å². The van der Waals surface area contributed by atoms with Crippen molar-refractivity contribution in [3.05, 3.63) is 97.2 Å². The quantitative estimate of drug-likeness (QED) is 0.0261. The third-order valence-electron chi connectivity index (χ3n) is 15.6. The van der Waals surface area contributed by atoms with Crippen molar-refractivity contribution < 1.29 is 28.6 Å². The number of rotatable bonds is 65. The molecule has 83 heavy (non-hydrogen) atoms. The predicted molar refractivity (Wildman–Crippen MR) is 362 cm³/mol. The zero-order valence-electron chi connectivity index (χ0n) is 54.9. The van der Waals surface area contributed by atoms with E-state index in [9.17, 15) is 14.4 Å². The van der Waals surface area contributed by atoms with Crippen molar-refractivity contribution in [3.8, 4) is 0 Å². The first-order valence-electron chi connectivity index (χ1n) is 35.7. The molecule has 0 spiro atoms. The molecular formula is C77H134O6. The molecule has 0 aliphatic rings. The molecule has 0 rings (SSSR count). The zero-order chi connectivity index (χ0) is 59.9.